The molecule has 0 aliphatic rings. The van der Waals surface area contributed by atoms with E-state index in [1.807, 2.05) is 44.6 Å². The van der Waals surface area contributed by atoms with Gasteiger partial charge in [0.1, 0.15) is 5.82 Å². The zero-order valence-corrected chi connectivity index (χ0v) is 13.8. The van der Waals surface area contributed by atoms with Crippen molar-refractivity contribution < 1.29 is 0 Å². The molecule has 0 amide bonds. The van der Waals surface area contributed by atoms with Crippen LogP contribution in [-0.4, -0.2) is 24.7 Å². The molecule has 6 nitrogen and oxygen atoms in total. The summed E-state index contributed by atoms with van der Waals surface area (Å²) in [6.07, 6.45) is 3.52. The summed E-state index contributed by atoms with van der Waals surface area (Å²) in [5, 5.41) is 7.77. The summed E-state index contributed by atoms with van der Waals surface area (Å²) in [6, 6.07) is 5.92. The highest BCUT2D eigenvalue weighted by Crippen LogP contribution is 2.21. The van der Waals surface area contributed by atoms with Gasteiger partial charge in [-0.05, 0) is 39.0 Å². The maximum atomic E-state index is 4.66. The number of hydrogen-bond acceptors (Lipinski definition) is 5. The number of anilines is 1. The lowest BCUT2D eigenvalue weighted by Gasteiger charge is -2.12. The third-order valence-electron chi connectivity index (χ3n) is 3.84. The minimum atomic E-state index is 0.668. The molecule has 6 heteroatoms. The second-order valence-electron chi connectivity index (χ2n) is 5.60. The fraction of sp³-hybridized carbons (Fsp3) is 0.294. The van der Waals surface area contributed by atoms with E-state index in [1.165, 1.54) is 0 Å². The molecule has 3 rings (SSSR count). The Morgan fingerprint density at radius 2 is 2.00 bits per heavy atom. The topological polar surface area (TPSA) is 68.5 Å². The van der Waals surface area contributed by atoms with E-state index in [0.717, 1.165) is 34.0 Å². The molecule has 1 N–H and O–H groups in total. The van der Waals surface area contributed by atoms with Gasteiger partial charge in [-0.1, -0.05) is 0 Å². The van der Waals surface area contributed by atoms with E-state index >= 15 is 0 Å². The Morgan fingerprint density at radius 1 is 1.17 bits per heavy atom. The van der Waals surface area contributed by atoms with Gasteiger partial charge in [0.05, 0.1) is 17.9 Å². The fourth-order valence-corrected chi connectivity index (χ4v) is 2.43. The van der Waals surface area contributed by atoms with Crippen LogP contribution in [0.15, 0.2) is 30.6 Å². The van der Waals surface area contributed by atoms with Crippen LogP contribution in [0.4, 0.5) is 5.82 Å². The van der Waals surface area contributed by atoms with Crippen molar-refractivity contribution >= 4 is 5.82 Å². The molecule has 3 aromatic rings. The summed E-state index contributed by atoms with van der Waals surface area (Å²) < 4.78 is 1.88. The Kier molecular flexibility index (Phi) is 4.06. The van der Waals surface area contributed by atoms with E-state index in [1.54, 1.807) is 12.4 Å². The lowest BCUT2D eigenvalue weighted by molar-refractivity contribution is 0.712. The number of pyridine rings is 1. The molecule has 0 saturated heterocycles. The van der Waals surface area contributed by atoms with Crippen LogP contribution in [0.5, 0.6) is 0 Å². The van der Waals surface area contributed by atoms with Crippen LogP contribution < -0.4 is 5.32 Å². The zero-order valence-electron chi connectivity index (χ0n) is 13.8. The van der Waals surface area contributed by atoms with Gasteiger partial charge in [0.25, 0.3) is 0 Å². The van der Waals surface area contributed by atoms with Crippen molar-refractivity contribution in [2.45, 2.75) is 27.3 Å². The second-order valence-corrected chi connectivity index (χ2v) is 5.60. The molecule has 118 valence electrons. The normalized spacial score (nSPS) is 10.8. The molecule has 23 heavy (non-hydrogen) atoms. The SMILES string of the molecule is Cc1cc(CNc2nc(-c3cccnc3)nc(C)c2C)n(C)n1. The summed E-state index contributed by atoms with van der Waals surface area (Å²) in [6.45, 7) is 6.68. The molecule has 0 radical (unpaired) electrons. The Hall–Kier alpha value is -2.76. The molecule has 0 aliphatic heterocycles. The molecule has 0 saturated carbocycles. The van der Waals surface area contributed by atoms with Crippen LogP contribution in [0, 0.1) is 20.8 Å². The van der Waals surface area contributed by atoms with Crippen molar-refractivity contribution in [1.82, 2.24) is 24.7 Å². The average Bonchev–Trinajstić information content (AvgIpc) is 2.87. The molecular formula is C17H20N6. The van der Waals surface area contributed by atoms with Crippen LogP contribution in [0.1, 0.15) is 22.6 Å². The Bertz CT molecular complexity index is 823. The van der Waals surface area contributed by atoms with Gasteiger partial charge in [-0.3, -0.25) is 9.67 Å². The number of rotatable bonds is 4. The summed E-state index contributed by atoms with van der Waals surface area (Å²) in [7, 11) is 1.95. The van der Waals surface area contributed by atoms with Crippen molar-refractivity contribution in [3.63, 3.8) is 0 Å². The van der Waals surface area contributed by atoms with Gasteiger partial charge in [-0.15, -0.1) is 0 Å². The third-order valence-corrected chi connectivity index (χ3v) is 3.84. The molecule has 0 fully saturated rings. The van der Waals surface area contributed by atoms with Crippen LogP contribution >= 0.6 is 0 Å². The standard InChI is InChI=1S/C17H20N6/c1-11-8-15(23(4)22-11)10-19-16-12(2)13(3)20-17(21-16)14-6-5-7-18-9-14/h5-9H,10H2,1-4H3,(H,19,20,21). The molecular weight excluding hydrogens is 288 g/mol. The minimum absolute atomic E-state index is 0.668. The van der Waals surface area contributed by atoms with Gasteiger partial charge in [-0.25, -0.2) is 9.97 Å². The predicted molar refractivity (Wildman–Crippen MR) is 90.0 cm³/mol. The number of nitrogens with one attached hydrogen (secondary N) is 1. The number of aryl methyl sites for hydroxylation is 3. The zero-order chi connectivity index (χ0) is 16.4. The van der Waals surface area contributed by atoms with Gasteiger partial charge in [0.15, 0.2) is 5.82 Å². The van der Waals surface area contributed by atoms with E-state index in [4.69, 9.17) is 0 Å². The van der Waals surface area contributed by atoms with Crippen molar-refractivity contribution in [3.05, 3.63) is 53.2 Å². The van der Waals surface area contributed by atoms with E-state index in [0.29, 0.717) is 12.4 Å². The summed E-state index contributed by atoms with van der Waals surface area (Å²) >= 11 is 0. The summed E-state index contributed by atoms with van der Waals surface area (Å²) in [5.41, 5.74) is 5.05. The average molecular weight is 308 g/mol. The van der Waals surface area contributed by atoms with Crippen molar-refractivity contribution in [3.8, 4) is 11.4 Å². The molecule has 0 aliphatic carbocycles. The van der Waals surface area contributed by atoms with E-state index in [2.05, 4.69) is 31.4 Å². The van der Waals surface area contributed by atoms with E-state index in [-0.39, 0.29) is 0 Å². The maximum Gasteiger partial charge on any atom is 0.163 e. The Labute approximate surface area is 135 Å². The highest BCUT2D eigenvalue weighted by Gasteiger charge is 2.10. The second kappa shape index (κ2) is 6.16. The van der Waals surface area contributed by atoms with Gasteiger partial charge in [0, 0.05) is 36.3 Å². The van der Waals surface area contributed by atoms with Crippen molar-refractivity contribution in [1.29, 1.82) is 0 Å². The molecule has 0 atom stereocenters. The van der Waals surface area contributed by atoms with Crippen LogP contribution in [-0.2, 0) is 13.6 Å². The van der Waals surface area contributed by atoms with E-state index < -0.39 is 0 Å². The van der Waals surface area contributed by atoms with Crippen LogP contribution in [0.25, 0.3) is 11.4 Å². The first-order valence-electron chi connectivity index (χ1n) is 7.53. The highest BCUT2D eigenvalue weighted by molar-refractivity contribution is 5.58. The maximum absolute atomic E-state index is 4.66. The molecule has 0 aromatic carbocycles. The largest absolute Gasteiger partial charge is 0.364 e. The summed E-state index contributed by atoms with van der Waals surface area (Å²) in [5.74, 6) is 1.53. The fourth-order valence-electron chi connectivity index (χ4n) is 2.43. The summed E-state index contributed by atoms with van der Waals surface area (Å²) in [4.78, 5) is 13.4. The van der Waals surface area contributed by atoms with Crippen LogP contribution in [0.2, 0.25) is 0 Å². The number of aromatic nitrogens is 5. The predicted octanol–water partition coefficient (Wildman–Crippen LogP) is 2.81. The molecule has 3 heterocycles. The Balaban J connectivity index is 1.89. The van der Waals surface area contributed by atoms with Gasteiger partial charge >= 0.3 is 0 Å². The quantitative estimate of drug-likeness (QED) is 0.802. The lowest BCUT2D eigenvalue weighted by Crippen LogP contribution is -2.09. The van der Waals surface area contributed by atoms with Crippen molar-refractivity contribution in [2.75, 3.05) is 5.32 Å². The first kappa shape index (κ1) is 15.1. The van der Waals surface area contributed by atoms with Crippen molar-refractivity contribution in [2.24, 2.45) is 7.05 Å². The molecule has 3 aromatic heterocycles. The third kappa shape index (κ3) is 3.21. The van der Waals surface area contributed by atoms with Gasteiger partial charge in [-0.2, -0.15) is 5.10 Å². The minimum Gasteiger partial charge on any atom is -0.364 e. The Morgan fingerprint density at radius 3 is 2.65 bits per heavy atom. The van der Waals surface area contributed by atoms with Crippen LogP contribution in [0.3, 0.4) is 0 Å². The number of hydrogen-bond donors (Lipinski definition) is 1. The first-order chi connectivity index (χ1) is 11.0. The molecule has 0 bridgehead atoms. The van der Waals surface area contributed by atoms with E-state index in [9.17, 15) is 0 Å². The lowest BCUT2D eigenvalue weighted by atomic mass is 10.2. The van der Waals surface area contributed by atoms with Gasteiger partial charge < -0.3 is 5.32 Å². The highest BCUT2D eigenvalue weighted by atomic mass is 15.3. The number of nitrogens with zero attached hydrogens (tertiary/aromatic N) is 5. The van der Waals surface area contributed by atoms with Gasteiger partial charge in [0.2, 0.25) is 0 Å². The molecule has 0 spiro atoms. The first-order valence-corrected chi connectivity index (χ1v) is 7.53. The monoisotopic (exact) mass is 308 g/mol. The molecule has 0 unspecified atom stereocenters. The smallest absolute Gasteiger partial charge is 0.163 e.